The number of aryl methyl sites for hydroxylation is 2. The molecule has 0 radical (unpaired) electrons. The topological polar surface area (TPSA) is 41.6 Å². The van der Waals surface area contributed by atoms with Gasteiger partial charge in [0.25, 0.3) is 0 Å². The molecule has 3 aromatic rings. The zero-order valence-corrected chi connectivity index (χ0v) is 11.6. The molecule has 0 spiro atoms. The molecule has 0 saturated carbocycles. The average Bonchev–Trinajstić information content (AvgIpc) is 2.89. The number of benzene rings is 1. The van der Waals surface area contributed by atoms with Crippen LogP contribution < -0.4 is 0 Å². The van der Waals surface area contributed by atoms with E-state index in [1.807, 2.05) is 13.0 Å². The number of nitrogens with one attached hydrogen (secondary N) is 1. The number of aromatic amines is 1. The number of hydrogen-bond donors (Lipinski definition) is 1. The largest absolute Gasteiger partial charge is 0.340 e. The van der Waals surface area contributed by atoms with Gasteiger partial charge in [0.15, 0.2) is 5.65 Å². The zero-order chi connectivity index (χ0) is 13.5. The van der Waals surface area contributed by atoms with Gasteiger partial charge in [0, 0.05) is 11.6 Å². The zero-order valence-electron chi connectivity index (χ0n) is 11.6. The van der Waals surface area contributed by atoms with Crippen LogP contribution in [0.3, 0.4) is 0 Å². The summed E-state index contributed by atoms with van der Waals surface area (Å²) >= 11 is 0. The molecule has 1 aliphatic carbocycles. The summed E-state index contributed by atoms with van der Waals surface area (Å²) in [5.74, 6) is 1.58. The Kier molecular flexibility index (Phi) is 2.59. The van der Waals surface area contributed by atoms with Crippen molar-refractivity contribution in [1.29, 1.82) is 0 Å². The van der Waals surface area contributed by atoms with Crippen LogP contribution in [0.1, 0.15) is 35.0 Å². The highest BCUT2D eigenvalue weighted by molar-refractivity contribution is 5.70. The van der Waals surface area contributed by atoms with Crippen molar-refractivity contribution >= 4 is 11.2 Å². The number of imidazole rings is 1. The summed E-state index contributed by atoms with van der Waals surface area (Å²) < 4.78 is 0. The lowest BCUT2D eigenvalue weighted by atomic mass is 9.83. The molecule has 1 atom stereocenters. The molecule has 3 heteroatoms. The Morgan fingerprint density at radius 2 is 1.90 bits per heavy atom. The molecule has 2 heterocycles. The summed E-state index contributed by atoms with van der Waals surface area (Å²) in [4.78, 5) is 12.6. The van der Waals surface area contributed by atoms with Crippen molar-refractivity contribution in [3.05, 3.63) is 59.0 Å². The molecular weight excluding hydrogens is 246 g/mol. The predicted molar refractivity (Wildman–Crippen MR) is 79.8 cm³/mol. The second-order valence-electron chi connectivity index (χ2n) is 5.65. The predicted octanol–water partition coefficient (Wildman–Crippen LogP) is 3.54. The van der Waals surface area contributed by atoms with Gasteiger partial charge in [-0.1, -0.05) is 24.3 Å². The van der Waals surface area contributed by atoms with Crippen LogP contribution in [0, 0.1) is 6.92 Å². The van der Waals surface area contributed by atoms with Gasteiger partial charge >= 0.3 is 0 Å². The quantitative estimate of drug-likeness (QED) is 0.729. The molecule has 20 heavy (non-hydrogen) atoms. The molecule has 0 aliphatic heterocycles. The van der Waals surface area contributed by atoms with Crippen molar-refractivity contribution in [2.45, 2.75) is 32.1 Å². The summed E-state index contributed by atoms with van der Waals surface area (Å²) in [6, 6.07) is 12.9. The van der Waals surface area contributed by atoms with Crippen LogP contribution in [0.5, 0.6) is 0 Å². The van der Waals surface area contributed by atoms with Crippen LogP contribution in [-0.4, -0.2) is 15.0 Å². The van der Waals surface area contributed by atoms with Crippen LogP contribution in [0.25, 0.3) is 11.2 Å². The third-order valence-corrected chi connectivity index (χ3v) is 4.24. The van der Waals surface area contributed by atoms with E-state index in [-0.39, 0.29) is 0 Å². The van der Waals surface area contributed by atoms with Crippen LogP contribution in [0.4, 0.5) is 0 Å². The standard InChI is InChI=1S/C17H17N3/c1-11-6-9-15-17(18-11)20-16(19-15)14-8-7-12-4-2-3-5-13(12)10-14/h2-6,9,14H,7-8,10H2,1H3,(H,18,19,20). The first-order chi connectivity index (χ1) is 9.79. The third-order valence-electron chi connectivity index (χ3n) is 4.24. The van der Waals surface area contributed by atoms with Gasteiger partial charge in [0.1, 0.15) is 5.82 Å². The lowest BCUT2D eigenvalue weighted by Gasteiger charge is -2.22. The van der Waals surface area contributed by atoms with Crippen LogP contribution >= 0.6 is 0 Å². The van der Waals surface area contributed by atoms with Gasteiger partial charge in [-0.2, -0.15) is 0 Å². The van der Waals surface area contributed by atoms with Crippen molar-refractivity contribution in [3.8, 4) is 0 Å². The maximum atomic E-state index is 4.70. The molecule has 0 amide bonds. The number of aromatic nitrogens is 3. The van der Waals surface area contributed by atoms with E-state index in [1.165, 1.54) is 11.1 Å². The second kappa shape index (κ2) is 4.44. The van der Waals surface area contributed by atoms with Gasteiger partial charge < -0.3 is 4.98 Å². The average molecular weight is 263 g/mol. The van der Waals surface area contributed by atoms with E-state index in [2.05, 4.69) is 40.3 Å². The van der Waals surface area contributed by atoms with Gasteiger partial charge in [-0.25, -0.2) is 9.97 Å². The Labute approximate surface area is 118 Å². The minimum Gasteiger partial charge on any atom is -0.340 e. The third kappa shape index (κ3) is 1.90. The van der Waals surface area contributed by atoms with Crippen molar-refractivity contribution in [2.24, 2.45) is 0 Å². The van der Waals surface area contributed by atoms with E-state index in [9.17, 15) is 0 Å². The van der Waals surface area contributed by atoms with Crippen LogP contribution in [0.2, 0.25) is 0 Å². The minimum atomic E-state index is 0.486. The van der Waals surface area contributed by atoms with Crippen molar-refractivity contribution in [3.63, 3.8) is 0 Å². The Bertz CT molecular complexity index is 773. The van der Waals surface area contributed by atoms with E-state index in [0.717, 1.165) is 41.9 Å². The van der Waals surface area contributed by atoms with Crippen molar-refractivity contribution in [1.82, 2.24) is 15.0 Å². The highest BCUT2D eigenvalue weighted by Crippen LogP contribution is 2.31. The fourth-order valence-electron chi connectivity index (χ4n) is 3.13. The number of pyridine rings is 1. The summed E-state index contributed by atoms with van der Waals surface area (Å²) in [6.45, 7) is 2.00. The van der Waals surface area contributed by atoms with Crippen molar-refractivity contribution < 1.29 is 0 Å². The highest BCUT2D eigenvalue weighted by atomic mass is 15.0. The molecule has 0 saturated heterocycles. The van der Waals surface area contributed by atoms with Crippen LogP contribution in [-0.2, 0) is 12.8 Å². The van der Waals surface area contributed by atoms with E-state index >= 15 is 0 Å². The molecule has 1 aromatic carbocycles. The normalized spacial score (nSPS) is 18.1. The first-order valence-electron chi connectivity index (χ1n) is 7.19. The summed E-state index contributed by atoms with van der Waals surface area (Å²) in [5, 5.41) is 0. The molecule has 1 unspecified atom stereocenters. The molecule has 3 nitrogen and oxygen atoms in total. The van der Waals surface area contributed by atoms with Gasteiger partial charge in [0.2, 0.25) is 0 Å². The number of hydrogen-bond acceptors (Lipinski definition) is 2. The first kappa shape index (κ1) is 11.6. The molecule has 100 valence electrons. The molecule has 1 aliphatic rings. The van der Waals surface area contributed by atoms with Gasteiger partial charge in [-0.3, -0.25) is 0 Å². The highest BCUT2D eigenvalue weighted by Gasteiger charge is 2.22. The second-order valence-corrected chi connectivity index (χ2v) is 5.65. The monoisotopic (exact) mass is 263 g/mol. The Balaban J connectivity index is 1.70. The lowest BCUT2D eigenvalue weighted by molar-refractivity contribution is 0.561. The van der Waals surface area contributed by atoms with Gasteiger partial charge in [-0.05, 0) is 49.4 Å². The summed E-state index contributed by atoms with van der Waals surface area (Å²) in [5.41, 5.74) is 5.87. The van der Waals surface area contributed by atoms with E-state index in [4.69, 9.17) is 4.98 Å². The lowest BCUT2D eigenvalue weighted by Crippen LogP contribution is -2.13. The SMILES string of the molecule is Cc1ccc2[nH]c(C3CCc4ccccc4C3)nc2n1. The minimum absolute atomic E-state index is 0.486. The number of nitrogens with zero attached hydrogens (tertiary/aromatic N) is 2. The molecule has 4 rings (SSSR count). The molecule has 2 aromatic heterocycles. The number of fused-ring (bicyclic) bond motifs is 2. The molecule has 1 N–H and O–H groups in total. The number of rotatable bonds is 1. The maximum Gasteiger partial charge on any atom is 0.177 e. The van der Waals surface area contributed by atoms with Crippen molar-refractivity contribution in [2.75, 3.05) is 0 Å². The fraction of sp³-hybridized carbons (Fsp3) is 0.294. The first-order valence-corrected chi connectivity index (χ1v) is 7.19. The Hall–Kier alpha value is -2.16. The smallest absolute Gasteiger partial charge is 0.177 e. The van der Waals surface area contributed by atoms with E-state index < -0.39 is 0 Å². The molecule has 0 fully saturated rings. The van der Waals surface area contributed by atoms with E-state index in [1.54, 1.807) is 0 Å². The maximum absolute atomic E-state index is 4.70. The number of H-pyrrole nitrogens is 1. The molecular formula is C17H17N3. The van der Waals surface area contributed by atoms with Gasteiger partial charge in [-0.15, -0.1) is 0 Å². The Morgan fingerprint density at radius 1 is 1.05 bits per heavy atom. The van der Waals surface area contributed by atoms with Gasteiger partial charge in [0.05, 0.1) is 5.52 Å². The van der Waals surface area contributed by atoms with Crippen LogP contribution in [0.15, 0.2) is 36.4 Å². The summed E-state index contributed by atoms with van der Waals surface area (Å²) in [7, 11) is 0. The fourth-order valence-corrected chi connectivity index (χ4v) is 3.13. The molecule has 0 bridgehead atoms. The summed E-state index contributed by atoms with van der Waals surface area (Å²) in [6.07, 6.45) is 3.38. The van der Waals surface area contributed by atoms with E-state index in [0.29, 0.717) is 5.92 Å². The Morgan fingerprint density at radius 3 is 2.80 bits per heavy atom.